The first-order valence-electron chi connectivity index (χ1n) is 12.3. The van der Waals surface area contributed by atoms with Crippen molar-refractivity contribution in [3.8, 4) is 11.8 Å². The Kier molecular flexibility index (Phi) is 7.63. The number of hydrogen-bond acceptors (Lipinski definition) is 1. The Morgan fingerprint density at radius 3 is 1.74 bits per heavy atom. The van der Waals surface area contributed by atoms with E-state index in [9.17, 15) is 4.39 Å². The highest BCUT2D eigenvalue weighted by Crippen LogP contribution is 2.56. The van der Waals surface area contributed by atoms with Crippen molar-refractivity contribution in [3.05, 3.63) is 173 Å². The van der Waals surface area contributed by atoms with E-state index in [2.05, 4.69) is 17.6 Å². The average Bonchev–Trinajstić information content (AvgIpc) is 2.99. The smallest absolute Gasteiger partial charge is 0.179 e. The molecule has 0 fully saturated rings. The zero-order valence-electron chi connectivity index (χ0n) is 20.6. The van der Waals surface area contributed by atoms with E-state index in [-0.39, 0.29) is 5.82 Å². The molecule has 0 aliphatic heterocycles. The molecule has 0 radical (unpaired) electrons. The Hall–Kier alpha value is -4.66. The van der Waals surface area contributed by atoms with Gasteiger partial charge >= 0.3 is 0 Å². The van der Waals surface area contributed by atoms with E-state index in [1.54, 1.807) is 12.1 Å². The molecule has 0 unspecified atom stereocenters. The Balaban J connectivity index is 1.71. The van der Waals surface area contributed by atoms with Crippen molar-refractivity contribution in [1.29, 1.82) is 0 Å². The molecule has 1 nitrogen and oxygen atoms in total. The number of benzene rings is 5. The summed E-state index contributed by atoms with van der Waals surface area (Å²) >= 11 is 0. The number of halogens is 1. The zero-order valence-corrected chi connectivity index (χ0v) is 21.5. The molecule has 5 aromatic carbocycles. The molecule has 0 saturated heterocycles. The van der Waals surface area contributed by atoms with Crippen LogP contribution >= 0.6 is 7.14 Å². The topological polar surface area (TPSA) is 17.1 Å². The van der Waals surface area contributed by atoms with Gasteiger partial charge in [-0.15, -0.1) is 5.73 Å². The summed E-state index contributed by atoms with van der Waals surface area (Å²) in [6.45, 7) is 0. The highest BCUT2D eigenvalue weighted by Gasteiger charge is 2.32. The minimum Gasteiger partial charge on any atom is -0.308 e. The van der Waals surface area contributed by atoms with Gasteiger partial charge in [0.05, 0.1) is 5.31 Å². The molecule has 0 aliphatic rings. The van der Waals surface area contributed by atoms with Crippen LogP contribution in [0.4, 0.5) is 4.39 Å². The van der Waals surface area contributed by atoms with Crippen molar-refractivity contribution in [2.75, 3.05) is 0 Å². The van der Waals surface area contributed by atoms with Crippen LogP contribution in [0.1, 0.15) is 22.3 Å². The molecule has 0 aliphatic carbocycles. The van der Waals surface area contributed by atoms with Crippen molar-refractivity contribution in [2.24, 2.45) is 0 Å². The maximum absolute atomic E-state index is 15.2. The fourth-order valence-electron chi connectivity index (χ4n) is 4.19. The third-order valence-electron chi connectivity index (χ3n) is 6.11. The summed E-state index contributed by atoms with van der Waals surface area (Å²) in [5, 5.41) is 2.11. The van der Waals surface area contributed by atoms with Crippen LogP contribution in [0.25, 0.3) is 11.4 Å². The molecule has 0 spiro atoms. The minimum atomic E-state index is -3.27. The van der Waals surface area contributed by atoms with E-state index in [4.69, 9.17) is 0 Å². The van der Waals surface area contributed by atoms with Crippen molar-refractivity contribution in [3.63, 3.8) is 0 Å². The molecule has 0 atom stereocenters. The third kappa shape index (κ3) is 5.51. The first-order chi connectivity index (χ1) is 18.6. The fraction of sp³-hybridized carbons (Fsp3) is 0. The highest BCUT2D eigenvalue weighted by atomic mass is 31.2. The first kappa shape index (κ1) is 25.0. The van der Waals surface area contributed by atoms with Gasteiger partial charge in [0.15, 0.2) is 7.14 Å². The van der Waals surface area contributed by atoms with Crippen LogP contribution in [0.3, 0.4) is 0 Å². The van der Waals surface area contributed by atoms with Gasteiger partial charge in [0.2, 0.25) is 0 Å². The van der Waals surface area contributed by atoms with Crippen LogP contribution < -0.4 is 10.6 Å². The normalized spacial score (nSPS) is 10.6. The zero-order chi connectivity index (χ0) is 26.2. The lowest BCUT2D eigenvalue weighted by Crippen LogP contribution is -2.16. The SMILES string of the molecule is O=P(C(=C=Cc1ccccc1C#Cc1ccc(F)cc1)c1ccccc1)(c1ccccc1)c1ccccc1. The van der Waals surface area contributed by atoms with Gasteiger partial charge in [0, 0.05) is 21.7 Å². The monoisotopic (exact) mass is 510 g/mol. The predicted molar refractivity (Wildman–Crippen MR) is 156 cm³/mol. The molecule has 182 valence electrons. The lowest BCUT2D eigenvalue weighted by molar-refractivity contribution is 0.593. The van der Waals surface area contributed by atoms with E-state index < -0.39 is 7.14 Å². The predicted octanol–water partition coefficient (Wildman–Crippen LogP) is 7.89. The summed E-state index contributed by atoms with van der Waals surface area (Å²) in [6.07, 6.45) is 1.86. The summed E-state index contributed by atoms with van der Waals surface area (Å²) in [4.78, 5) is 0. The molecule has 0 N–H and O–H groups in total. The van der Waals surface area contributed by atoms with Crippen LogP contribution in [-0.4, -0.2) is 0 Å². The van der Waals surface area contributed by atoms with Crippen LogP contribution in [-0.2, 0) is 4.57 Å². The highest BCUT2D eigenvalue weighted by molar-refractivity contribution is 7.87. The van der Waals surface area contributed by atoms with Crippen molar-refractivity contribution in [2.45, 2.75) is 0 Å². The van der Waals surface area contributed by atoms with E-state index in [0.29, 0.717) is 5.31 Å². The second-order valence-corrected chi connectivity index (χ2v) is 11.3. The molecular weight excluding hydrogens is 486 g/mol. The van der Waals surface area contributed by atoms with Gasteiger partial charge in [-0.3, -0.25) is 0 Å². The van der Waals surface area contributed by atoms with Crippen LogP contribution in [0.15, 0.2) is 145 Å². The van der Waals surface area contributed by atoms with Gasteiger partial charge < -0.3 is 4.57 Å². The largest absolute Gasteiger partial charge is 0.308 e. The molecule has 3 heteroatoms. The maximum atomic E-state index is 15.2. The first-order valence-corrected chi connectivity index (χ1v) is 14.0. The quantitative estimate of drug-likeness (QED) is 0.133. The lowest BCUT2D eigenvalue weighted by atomic mass is 10.1. The van der Waals surface area contributed by atoms with Crippen LogP contribution in [0, 0.1) is 17.7 Å². The van der Waals surface area contributed by atoms with Crippen molar-refractivity contribution in [1.82, 2.24) is 0 Å². The summed E-state index contributed by atoms with van der Waals surface area (Å²) in [6, 6.07) is 42.8. The fourth-order valence-corrected chi connectivity index (χ4v) is 6.95. The van der Waals surface area contributed by atoms with Gasteiger partial charge in [-0.1, -0.05) is 121 Å². The molecule has 0 aromatic heterocycles. The van der Waals surface area contributed by atoms with Gasteiger partial charge in [0.1, 0.15) is 5.82 Å². The third-order valence-corrected chi connectivity index (χ3v) is 9.18. The summed E-state index contributed by atoms with van der Waals surface area (Å²) in [5.41, 5.74) is 6.66. The summed E-state index contributed by atoms with van der Waals surface area (Å²) < 4.78 is 28.5. The Morgan fingerprint density at radius 1 is 0.605 bits per heavy atom. The standard InChI is InChI=1S/C35H24FOP/c36-32-25-21-28(22-26-32)20-23-29-12-10-11-13-30(29)24-27-35(31-14-4-1-5-15-31)38(37,33-16-6-2-7-17-33)34-18-8-3-9-19-34/h1-19,21-22,24-26H. The minimum absolute atomic E-state index is 0.293. The molecule has 0 amide bonds. The molecular formula is C35H24FOP. The van der Waals surface area contributed by atoms with Crippen LogP contribution in [0.5, 0.6) is 0 Å². The average molecular weight is 511 g/mol. The van der Waals surface area contributed by atoms with E-state index in [1.165, 1.54) is 12.1 Å². The van der Waals surface area contributed by atoms with Crippen molar-refractivity contribution < 1.29 is 8.96 Å². The maximum Gasteiger partial charge on any atom is 0.179 e. The molecule has 5 aromatic rings. The number of rotatable bonds is 5. The second kappa shape index (κ2) is 11.6. The Labute approximate surface area is 223 Å². The molecule has 0 heterocycles. The number of hydrogen-bond donors (Lipinski definition) is 0. The molecule has 38 heavy (non-hydrogen) atoms. The van der Waals surface area contributed by atoms with Crippen molar-refractivity contribution >= 4 is 29.1 Å². The van der Waals surface area contributed by atoms with Gasteiger partial charge in [-0.25, -0.2) is 4.39 Å². The van der Waals surface area contributed by atoms with E-state index >= 15 is 4.57 Å². The van der Waals surface area contributed by atoms with Gasteiger partial charge in [-0.05, 0) is 47.5 Å². The lowest BCUT2D eigenvalue weighted by Gasteiger charge is -2.21. The Bertz CT molecular complexity index is 1660. The second-order valence-electron chi connectivity index (χ2n) is 8.63. The molecule has 5 rings (SSSR count). The van der Waals surface area contributed by atoms with E-state index in [0.717, 1.165) is 32.9 Å². The Morgan fingerprint density at radius 2 is 1.13 bits per heavy atom. The molecule has 0 bridgehead atoms. The summed E-state index contributed by atoms with van der Waals surface area (Å²) in [7, 11) is -3.27. The van der Waals surface area contributed by atoms with Gasteiger partial charge in [-0.2, -0.15) is 0 Å². The molecule has 0 saturated carbocycles. The summed E-state index contributed by atoms with van der Waals surface area (Å²) in [5.74, 6) is 6.00. The van der Waals surface area contributed by atoms with Gasteiger partial charge in [0.25, 0.3) is 0 Å². The van der Waals surface area contributed by atoms with Crippen LogP contribution in [0.2, 0.25) is 0 Å². The van der Waals surface area contributed by atoms with E-state index in [1.807, 2.05) is 121 Å².